The lowest BCUT2D eigenvalue weighted by Crippen LogP contribution is -2.42. The molecule has 1 saturated heterocycles. The summed E-state index contributed by atoms with van der Waals surface area (Å²) in [7, 11) is 0. The minimum Gasteiger partial charge on any atom is -0.372 e. The van der Waals surface area contributed by atoms with Crippen molar-refractivity contribution in [2.45, 2.75) is 44.9 Å². The summed E-state index contributed by atoms with van der Waals surface area (Å²) in [5, 5.41) is 8.74. The first-order valence-corrected chi connectivity index (χ1v) is 9.27. The third kappa shape index (κ3) is 2.44. The maximum absolute atomic E-state index is 13.2. The number of fused-ring (bicyclic) bond motifs is 2. The molecule has 4 heterocycles. The van der Waals surface area contributed by atoms with Gasteiger partial charge in [-0.3, -0.25) is 9.89 Å². The van der Waals surface area contributed by atoms with Crippen LogP contribution in [0.5, 0.6) is 0 Å². The molecule has 134 valence electrons. The first-order valence-electron chi connectivity index (χ1n) is 9.27. The van der Waals surface area contributed by atoms with Gasteiger partial charge in [0.15, 0.2) is 0 Å². The summed E-state index contributed by atoms with van der Waals surface area (Å²) in [4.78, 5) is 18.4. The van der Waals surface area contributed by atoms with Crippen LogP contribution in [0.2, 0.25) is 0 Å². The molecule has 2 aromatic heterocycles. The lowest BCUT2D eigenvalue weighted by atomic mass is 9.97. The maximum Gasteiger partial charge on any atom is 0.270 e. The molecule has 0 saturated carbocycles. The smallest absolute Gasteiger partial charge is 0.270 e. The number of nitrogens with one attached hydrogen (secondary N) is 2. The number of hydrogen-bond acceptors (Lipinski definition) is 3. The normalized spacial score (nSPS) is 22.7. The minimum atomic E-state index is 0.0406. The number of rotatable bonds is 2. The highest BCUT2D eigenvalue weighted by molar-refractivity contribution is 5.98. The highest BCUT2D eigenvalue weighted by atomic mass is 16.5. The minimum absolute atomic E-state index is 0.0406. The van der Waals surface area contributed by atoms with Gasteiger partial charge in [-0.15, -0.1) is 0 Å². The lowest BCUT2D eigenvalue weighted by molar-refractivity contribution is 0.0644. The Labute approximate surface area is 151 Å². The van der Waals surface area contributed by atoms with Gasteiger partial charge in [-0.1, -0.05) is 18.2 Å². The number of aromatic amines is 2. The average molecular weight is 350 g/mol. The summed E-state index contributed by atoms with van der Waals surface area (Å²) in [6.07, 6.45) is 2.95. The quantitative estimate of drug-likeness (QED) is 0.744. The van der Waals surface area contributed by atoms with Gasteiger partial charge in [-0.2, -0.15) is 5.10 Å². The van der Waals surface area contributed by atoms with Gasteiger partial charge in [0.1, 0.15) is 5.69 Å². The van der Waals surface area contributed by atoms with E-state index in [0.29, 0.717) is 12.2 Å². The van der Waals surface area contributed by atoms with Crippen LogP contribution in [0.3, 0.4) is 0 Å². The topological polar surface area (TPSA) is 74.0 Å². The first kappa shape index (κ1) is 15.6. The second kappa shape index (κ2) is 5.99. The molecule has 26 heavy (non-hydrogen) atoms. The van der Waals surface area contributed by atoms with Crippen LogP contribution >= 0.6 is 0 Å². The van der Waals surface area contributed by atoms with Crippen LogP contribution in [0, 0.1) is 0 Å². The van der Waals surface area contributed by atoms with Gasteiger partial charge < -0.3 is 14.6 Å². The van der Waals surface area contributed by atoms with Crippen molar-refractivity contribution >= 4 is 16.8 Å². The van der Waals surface area contributed by atoms with Gasteiger partial charge in [0.25, 0.3) is 5.91 Å². The van der Waals surface area contributed by atoms with E-state index in [9.17, 15) is 4.79 Å². The summed E-state index contributed by atoms with van der Waals surface area (Å²) in [5.41, 5.74) is 4.90. The van der Waals surface area contributed by atoms with E-state index in [1.807, 2.05) is 35.2 Å². The van der Waals surface area contributed by atoms with Crippen LogP contribution in [0.1, 0.15) is 53.3 Å². The molecule has 0 spiro atoms. The Balaban J connectivity index is 1.46. The Morgan fingerprint density at radius 2 is 2.23 bits per heavy atom. The third-order valence-corrected chi connectivity index (χ3v) is 5.61. The third-order valence-electron chi connectivity index (χ3n) is 5.61. The molecule has 1 amide bonds. The zero-order chi connectivity index (χ0) is 17.7. The van der Waals surface area contributed by atoms with E-state index < -0.39 is 0 Å². The fourth-order valence-corrected chi connectivity index (χ4v) is 4.17. The molecule has 1 fully saturated rings. The molecule has 0 bridgehead atoms. The molecule has 2 aliphatic rings. The Bertz CT molecular complexity index is 934. The van der Waals surface area contributed by atoms with E-state index in [0.717, 1.165) is 53.7 Å². The molecule has 2 unspecified atom stereocenters. The fourth-order valence-electron chi connectivity index (χ4n) is 4.17. The molecule has 1 aromatic carbocycles. The van der Waals surface area contributed by atoms with Crippen molar-refractivity contribution in [2.24, 2.45) is 0 Å². The number of benzene rings is 1. The lowest BCUT2D eigenvalue weighted by Gasteiger charge is -2.33. The number of H-pyrrole nitrogens is 2. The second-order valence-corrected chi connectivity index (χ2v) is 7.32. The van der Waals surface area contributed by atoms with Crippen molar-refractivity contribution in [1.82, 2.24) is 20.1 Å². The van der Waals surface area contributed by atoms with Crippen molar-refractivity contribution < 1.29 is 9.53 Å². The van der Waals surface area contributed by atoms with Gasteiger partial charge in [0, 0.05) is 35.5 Å². The van der Waals surface area contributed by atoms with E-state index in [2.05, 4.69) is 22.1 Å². The van der Waals surface area contributed by atoms with E-state index in [1.165, 1.54) is 0 Å². The van der Waals surface area contributed by atoms with Crippen LogP contribution in [0.15, 0.2) is 30.3 Å². The van der Waals surface area contributed by atoms with Crippen LogP contribution in [0.25, 0.3) is 10.9 Å². The van der Waals surface area contributed by atoms with Crippen LogP contribution in [0.4, 0.5) is 0 Å². The number of ether oxygens (including phenoxy) is 1. The summed E-state index contributed by atoms with van der Waals surface area (Å²) in [6, 6.07) is 10.0. The molecule has 3 aromatic rings. The van der Waals surface area contributed by atoms with Crippen molar-refractivity contribution in [3.63, 3.8) is 0 Å². The fraction of sp³-hybridized carbons (Fsp3) is 0.400. The Hall–Kier alpha value is -2.60. The van der Waals surface area contributed by atoms with Crippen LogP contribution in [-0.2, 0) is 17.7 Å². The average Bonchev–Trinajstić information content (AvgIpc) is 3.38. The van der Waals surface area contributed by atoms with Gasteiger partial charge in [-0.25, -0.2) is 0 Å². The number of carbonyl (C=O) groups is 1. The van der Waals surface area contributed by atoms with Crippen molar-refractivity contribution in [1.29, 1.82) is 0 Å². The van der Waals surface area contributed by atoms with E-state index in [1.54, 1.807) is 0 Å². The SMILES string of the molecule is CC1Cc2n[nH]c(C3CCCO3)c2CN1C(=O)c1cc2ccccc2[nH]1. The van der Waals surface area contributed by atoms with Gasteiger partial charge in [0.05, 0.1) is 24.0 Å². The molecule has 6 nitrogen and oxygen atoms in total. The molecule has 6 heteroatoms. The Morgan fingerprint density at radius 1 is 1.35 bits per heavy atom. The first-order chi connectivity index (χ1) is 12.7. The van der Waals surface area contributed by atoms with Crippen LogP contribution < -0.4 is 0 Å². The largest absolute Gasteiger partial charge is 0.372 e. The number of nitrogens with zero attached hydrogens (tertiary/aromatic N) is 2. The molecular formula is C20H22N4O2. The number of aromatic nitrogens is 3. The second-order valence-electron chi connectivity index (χ2n) is 7.32. The molecule has 2 N–H and O–H groups in total. The Morgan fingerprint density at radius 3 is 3.04 bits per heavy atom. The molecule has 5 rings (SSSR count). The zero-order valence-electron chi connectivity index (χ0n) is 14.8. The summed E-state index contributed by atoms with van der Waals surface area (Å²) >= 11 is 0. The maximum atomic E-state index is 13.2. The van der Waals surface area contributed by atoms with E-state index in [4.69, 9.17) is 4.74 Å². The van der Waals surface area contributed by atoms with Crippen LogP contribution in [-0.4, -0.2) is 38.6 Å². The summed E-state index contributed by atoms with van der Waals surface area (Å²) < 4.78 is 5.83. The van der Waals surface area contributed by atoms with Crippen molar-refractivity contribution in [3.8, 4) is 0 Å². The predicted octanol–water partition coefficient (Wildman–Crippen LogP) is 3.33. The highest BCUT2D eigenvalue weighted by Gasteiger charge is 2.34. The molecule has 0 radical (unpaired) electrons. The van der Waals surface area contributed by atoms with E-state index >= 15 is 0 Å². The standard InChI is InChI=1S/C20H22N4O2/c1-12-9-16-14(19(23-22-16)18-7-4-8-26-18)11-24(12)20(25)17-10-13-5-2-3-6-15(13)21-17/h2-3,5-6,10,12,18,21H,4,7-9,11H2,1H3,(H,22,23). The highest BCUT2D eigenvalue weighted by Crippen LogP contribution is 2.34. The molecule has 2 aliphatic heterocycles. The Kier molecular flexibility index (Phi) is 3.60. The van der Waals surface area contributed by atoms with Crippen molar-refractivity contribution in [3.05, 3.63) is 53.0 Å². The summed E-state index contributed by atoms with van der Waals surface area (Å²) in [5.74, 6) is 0.0406. The molecule has 2 atom stereocenters. The summed E-state index contributed by atoms with van der Waals surface area (Å²) in [6.45, 7) is 3.47. The zero-order valence-corrected chi connectivity index (χ0v) is 14.8. The number of para-hydroxylation sites is 1. The molecular weight excluding hydrogens is 328 g/mol. The number of amides is 1. The predicted molar refractivity (Wildman–Crippen MR) is 97.9 cm³/mol. The monoisotopic (exact) mass is 350 g/mol. The van der Waals surface area contributed by atoms with Crippen molar-refractivity contribution in [2.75, 3.05) is 6.61 Å². The van der Waals surface area contributed by atoms with Gasteiger partial charge in [-0.05, 0) is 31.9 Å². The number of carbonyl (C=O) groups excluding carboxylic acids is 1. The van der Waals surface area contributed by atoms with Gasteiger partial charge in [0.2, 0.25) is 0 Å². The van der Waals surface area contributed by atoms with E-state index in [-0.39, 0.29) is 18.1 Å². The molecule has 0 aliphatic carbocycles. The van der Waals surface area contributed by atoms with Gasteiger partial charge >= 0.3 is 0 Å². The number of hydrogen-bond donors (Lipinski definition) is 2.